The van der Waals surface area contributed by atoms with E-state index >= 15 is 0 Å². The summed E-state index contributed by atoms with van der Waals surface area (Å²) in [7, 11) is 0. The second-order valence-corrected chi connectivity index (χ2v) is 1.57. The Kier molecular flexibility index (Phi) is 15.3. The number of carbonyl (C=O) groups is 2. The average molecular weight is 229 g/mol. The smallest absolute Gasteiger partial charge is 0.549 e. The van der Waals surface area contributed by atoms with E-state index < -0.39 is 18.0 Å². The van der Waals surface area contributed by atoms with Crippen LogP contribution < -0.4 is 15.9 Å². The molecular weight excluding hydrogens is 219 g/mol. The van der Waals surface area contributed by atoms with E-state index in [0.717, 1.165) is 6.92 Å². The van der Waals surface area contributed by atoms with Crippen LogP contribution in [0.1, 0.15) is 6.92 Å². The van der Waals surface area contributed by atoms with Crippen molar-refractivity contribution in [2.45, 2.75) is 13.0 Å². The predicted octanol–water partition coefficient (Wildman–Crippen LogP) is -4.19. The van der Waals surface area contributed by atoms with Gasteiger partial charge >= 0.3 is 19.5 Å². The van der Waals surface area contributed by atoms with Gasteiger partial charge in [-0.05, 0) is 6.92 Å². The van der Waals surface area contributed by atoms with E-state index in [1.165, 1.54) is 0 Å². The first kappa shape index (κ1) is 17.5. The second kappa shape index (κ2) is 10.5. The molecule has 66 valence electrons. The van der Waals surface area contributed by atoms with Gasteiger partial charge < -0.3 is 30.6 Å². The molecule has 0 heterocycles. The van der Waals surface area contributed by atoms with Crippen molar-refractivity contribution in [2.24, 2.45) is 5.73 Å². The Morgan fingerprint density at radius 3 is 1.67 bits per heavy atom. The van der Waals surface area contributed by atoms with Gasteiger partial charge in [-0.2, -0.15) is 0 Å². The fraction of sp³-hybridized carbons (Fsp3) is 0.600. The van der Waals surface area contributed by atoms with Gasteiger partial charge in [0.2, 0.25) is 0 Å². The van der Waals surface area contributed by atoms with Gasteiger partial charge in [-0.15, -0.1) is 0 Å². The molecule has 7 heteroatoms. The Bertz CT molecular complexity index is 138. The molecule has 0 saturated heterocycles. The van der Waals surface area contributed by atoms with Gasteiger partial charge in [0.25, 0.3) is 0 Å². The van der Waals surface area contributed by atoms with Gasteiger partial charge in [-0.3, -0.25) is 0 Å². The Balaban J connectivity index is -0.000000126. The molecule has 0 spiro atoms. The number of rotatable bonds is 2. The fourth-order valence-electron chi connectivity index (χ4n) is 0. The molecule has 1 atom stereocenters. The van der Waals surface area contributed by atoms with Gasteiger partial charge in [0.1, 0.15) is 0 Å². The molecule has 12 heavy (non-hydrogen) atoms. The van der Waals surface area contributed by atoms with Crippen molar-refractivity contribution in [2.75, 3.05) is 6.54 Å². The number of aliphatic hydroxyl groups is 1. The molecule has 0 aromatic rings. The number of aliphatic carboxylic acids is 2. The Morgan fingerprint density at radius 1 is 1.50 bits per heavy atom. The van der Waals surface area contributed by atoms with Crippen molar-refractivity contribution < 1.29 is 44.4 Å². The molecule has 0 aliphatic rings. The maximum atomic E-state index is 9.34. The zero-order valence-electron chi connectivity index (χ0n) is 6.65. The van der Waals surface area contributed by atoms with E-state index in [2.05, 4.69) is 5.73 Å². The van der Waals surface area contributed by atoms with Crippen LogP contribution in [0.25, 0.3) is 0 Å². The molecular formula is C5H9NO5Zn. The maximum Gasteiger partial charge on any atom is 2.00 e. The van der Waals surface area contributed by atoms with E-state index in [1.54, 1.807) is 0 Å². The molecule has 0 bridgehead atoms. The van der Waals surface area contributed by atoms with Crippen molar-refractivity contribution >= 4 is 11.9 Å². The van der Waals surface area contributed by atoms with E-state index in [9.17, 15) is 9.90 Å². The third-order valence-electron chi connectivity index (χ3n) is 0.508. The Labute approximate surface area is 82.1 Å². The number of hydrogen-bond donors (Lipinski definition) is 2. The summed E-state index contributed by atoms with van der Waals surface area (Å²) in [6.07, 6.45) is -1.34. The van der Waals surface area contributed by atoms with Crippen LogP contribution in [0.5, 0.6) is 0 Å². The van der Waals surface area contributed by atoms with Gasteiger partial charge in [0, 0.05) is 6.54 Å². The minimum absolute atomic E-state index is 0. The molecule has 0 rings (SSSR count). The van der Waals surface area contributed by atoms with Crippen LogP contribution in [-0.2, 0) is 29.1 Å². The summed E-state index contributed by atoms with van der Waals surface area (Å²) in [6, 6.07) is 0. The van der Waals surface area contributed by atoms with E-state index in [0.29, 0.717) is 0 Å². The third-order valence-corrected chi connectivity index (χ3v) is 0.508. The largest absolute Gasteiger partial charge is 2.00 e. The number of carboxylic acid groups (broad SMARTS) is 2. The number of carbonyl (C=O) groups excluding carboxylic acids is 2. The molecule has 0 radical (unpaired) electrons. The zero-order chi connectivity index (χ0) is 9.44. The topological polar surface area (TPSA) is 127 Å². The first-order valence-corrected chi connectivity index (χ1v) is 2.70. The van der Waals surface area contributed by atoms with Crippen molar-refractivity contribution in [3.8, 4) is 0 Å². The molecule has 6 nitrogen and oxygen atoms in total. The number of nitrogens with two attached hydrogens (primary N) is 1. The van der Waals surface area contributed by atoms with Crippen LogP contribution in [-0.4, -0.2) is 29.7 Å². The van der Waals surface area contributed by atoms with Crippen molar-refractivity contribution in [1.82, 2.24) is 0 Å². The van der Waals surface area contributed by atoms with Gasteiger partial charge in [-0.25, -0.2) is 0 Å². The number of aliphatic hydroxyl groups excluding tert-OH is 1. The number of hydrogen-bond acceptors (Lipinski definition) is 6. The molecule has 3 N–H and O–H groups in total. The summed E-state index contributed by atoms with van der Waals surface area (Å²) in [6.45, 7) is 0.745. The summed E-state index contributed by atoms with van der Waals surface area (Å²) in [5, 5.41) is 26.4. The molecule has 0 aliphatic carbocycles. The van der Waals surface area contributed by atoms with Crippen LogP contribution in [0.3, 0.4) is 0 Å². The van der Waals surface area contributed by atoms with Gasteiger partial charge in [0.05, 0.1) is 18.0 Å². The fourth-order valence-corrected chi connectivity index (χ4v) is 0. The molecule has 0 fully saturated rings. The molecule has 0 aliphatic heterocycles. The summed E-state index contributed by atoms with van der Waals surface area (Å²) in [5.41, 5.74) is 4.51. The molecule has 0 aromatic carbocycles. The Morgan fingerprint density at radius 2 is 1.67 bits per heavy atom. The average Bonchev–Trinajstić information content (AvgIpc) is 1.89. The minimum atomic E-state index is -1.44. The van der Waals surface area contributed by atoms with Crippen LogP contribution in [0, 0.1) is 0 Å². The number of carboxylic acids is 2. The van der Waals surface area contributed by atoms with Gasteiger partial charge in [0.15, 0.2) is 0 Å². The Hall–Kier alpha value is -0.517. The first-order valence-electron chi connectivity index (χ1n) is 2.70. The molecule has 1 unspecified atom stereocenters. The van der Waals surface area contributed by atoms with E-state index in [1.807, 2.05) is 0 Å². The monoisotopic (exact) mass is 227 g/mol. The quantitative estimate of drug-likeness (QED) is 0.462. The van der Waals surface area contributed by atoms with Crippen LogP contribution in [0.4, 0.5) is 0 Å². The van der Waals surface area contributed by atoms with Crippen LogP contribution >= 0.6 is 0 Å². The molecule has 0 aromatic heterocycles. The van der Waals surface area contributed by atoms with Crippen LogP contribution in [0.2, 0.25) is 0 Å². The second-order valence-electron chi connectivity index (χ2n) is 1.57. The molecule has 0 amide bonds. The maximum absolute atomic E-state index is 9.34. The summed E-state index contributed by atoms with van der Waals surface area (Å²) in [4.78, 5) is 18.5. The summed E-state index contributed by atoms with van der Waals surface area (Å²) in [5.74, 6) is -2.65. The van der Waals surface area contributed by atoms with Crippen molar-refractivity contribution in [3.05, 3.63) is 0 Å². The van der Waals surface area contributed by atoms with E-state index in [4.69, 9.17) is 15.0 Å². The van der Waals surface area contributed by atoms with Crippen molar-refractivity contribution in [1.29, 1.82) is 0 Å². The summed E-state index contributed by atoms with van der Waals surface area (Å²) < 4.78 is 0. The molecule has 0 saturated carbocycles. The van der Waals surface area contributed by atoms with E-state index in [-0.39, 0.29) is 26.0 Å². The third kappa shape index (κ3) is 22.7. The normalized spacial score (nSPS) is 9.92. The summed E-state index contributed by atoms with van der Waals surface area (Å²) >= 11 is 0. The zero-order valence-corrected chi connectivity index (χ0v) is 9.62. The van der Waals surface area contributed by atoms with Gasteiger partial charge in [-0.1, -0.05) is 0 Å². The predicted molar refractivity (Wildman–Crippen MR) is 30.7 cm³/mol. The standard InChI is InChI=1S/C3H6O3.C2H5NO2.Zn/c1-2(4)3(5)6;3-1-2(4)5;/h2,4H,1H3,(H,5,6);1,3H2,(H,4,5);/q;;+2/p-2. The van der Waals surface area contributed by atoms with Crippen molar-refractivity contribution in [3.63, 3.8) is 0 Å². The first-order chi connectivity index (χ1) is 4.91. The SMILES string of the molecule is CC(O)C(=O)[O-].NCC(=O)[O-].[Zn+2]. The minimum Gasteiger partial charge on any atom is -0.549 e. The van der Waals surface area contributed by atoms with Crippen LogP contribution in [0.15, 0.2) is 0 Å².